The first-order valence-electron chi connectivity index (χ1n) is 6.75. The summed E-state index contributed by atoms with van der Waals surface area (Å²) >= 11 is 5.88. The Kier molecular flexibility index (Phi) is 5.73. The number of carbonyl (C=O) groups excluding carboxylic acids is 1. The lowest BCUT2D eigenvalue weighted by molar-refractivity contribution is 0.0915. The second-order valence-electron chi connectivity index (χ2n) is 4.87. The SMILES string of the molecule is O=C(N[C@H](CO)c1cccc(Cl)c1)c1ccc(B(O)O)c(F)c1. The number of nitrogens with one attached hydrogen (secondary N) is 1. The smallest absolute Gasteiger partial charge is 0.423 e. The molecule has 0 heterocycles. The summed E-state index contributed by atoms with van der Waals surface area (Å²) in [5, 5.41) is 30.4. The maximum absolute atomic E-state index is 13.7. The molecule has 1 atom stereocenters. The molecule has 0 saturated carbocycles. The van der Waals surface area contributed by atoms with E-state index >= 15 is 0 Å². The van der Waals surface area contributed by atoms with Crippen LogP contribution in [0.5, 0.6) is 0 Å². The summed E-state index contributed by atoms with van der Waals surface area (Å²) < 4.78 is 13.7. The summed E-state index contributed by atoms with van der Waals surface area (Å²) in [7, 11) is -1.95. The first kappa shape index (κ1) is 17.4. The molecule has 0 fully saturated rings. The Labute approximate surface area is 137 Å². The molecule has 0 spiro atoms. The predicted molar refractivity (Wildman–Crippen MR) is 85.0 cm³/mol. The first-order chi connectivity index (χ1) is 10.9. The van der Waals surface area contributed by atoms with E-state index in [1.165, 1.54) is 6.07 Å². The minimum absolute atomic E-state index is 0.00706. The van der Waals surface area contributed by atoms with Gasteiger partial charge in [0.05, 0.1) is 12.6 Å². The molecule has 2 aromatic rings. The Balaban J connectivity index is 2.18. The summed E-state index contributed by atoms with van der Waals surface area (Å²) in [4.78, 5) is 12.2. The minimum Gasteiger partial charge on any atom is -0.423 e. The molecule has 0 bridgehead atoms. The van der Waals surface area contributed by atoms with Gasteiger partial charge in [0.2, 0.25) is 0 Å². The van der Waals surface area contributed by atoms with Crippen molar-refractivity contribution in [2.24, 2.45) is 0 Å². The molecule has 0 aliphatic carbocycles. The third-order valence-corrected chi connectivity index (χ3v) is 3.51. The van der Waals surface area contributed by atoms with Crippen LogP contribution in [0.1, 0.15) is 22.0 Å². The fraction of sp³-hybridized carbons (Fsp3) is 0.133. The van der Waals surface area contributed by atoms with Crippen LogP contribution < -0.4 is 10.8 Å². The van der Waals surface area contributed by atoms with Gasteiger partial charge in [-0.05, 0) is 29.8 Å². The molecule has 1 amide bonds. The number of hydrogen-bond acceptors (Lipinski definition) is 4. The fourth-order valence-corrected chi connectivity index (χ4v) is 2.28. The Morgan fingerprint density at radius 2 is 2.00 bits per heavy atom. The van der Waals surface area contributed by atoms with Gasteiger partial charge in [-0.15, -0.1) is 0 Å². The van der Waals surface area contributed by atoms with Gasteiger partial charge in [0.1, 0.15) is 5.82 Å². The van der Waals surface area contributed by atoms with Gasteiger partial charge in [-0.1, -0.05) is 29.8 Å². The van der Waals surface area contributed by atoms with Crippen LogP contribution in [0.2, 0.25) is 5.02 Å². The maximum atomic E-state index is 13.7. The van der Waals surface area contributed by atoms with Gasteiger partial charge in [0.15, 0.2) is 0 Å². The maximum Gasteiger partial charge on any atom is 0.491 e. The van der Waals surface area contributed by atoms with Crippen LogP contribution in [0.25, 0.3) is 0 Å². The summed E-state index contributed by atoms with van der Waals surface area (Å²) in [6.07, 6.45) is 0. The molecule has 0 aliphatic rings. The fourth-order valence-electron chi connectivity index (χ4n) is 2.08. The van der Waals surface area contributed by atoms with Crippen molar-refractivity contribution in [3.05, 3.63) is 64.4 Å². The molecule has 8 heteroatoms. The zero-order valence-corrected chi connectivity index (χ0v) is 12.7. The molecule has 23 heavy (non-hydrogen) atoms. The van der Waals surface area contributed by atoms with Crippen LogP contribution in [0.15, 0.2) is 42.5 Å². The van der Waals surface area contributed by atoms with Crippen molar-refractivity contribution in [2.75, 3.05) is 6.61 Å². The Morgan fingerprint density at radius 3 is 2.57 bits per heavy atom. The highest BCUT2D eigenvalue weighted by Gasteiger charge is 2.20. The lowest BCUT2D eigenvalue weighted by Crippen LogP contribution is -2.34. The molecule has 0 aliphatic heterocycles. The molecule has 120 valence electrons. The second kappa shape index (κ2) is 7.56. The topological polar surface area (TPSA) is 89.8 Å². The van der Waals surface area contributed by atoms with E-state index in [0.717, 1.165) is 12.1 Å². The monoisotopic (exact) mass is 337 g/mol. The lowest BCUT2D eigenvalue weighted by atomic mass is 9.79. The van der Waals surface area contributed by atoms with E-state index in [4.69, 9.17) is 21.6 Å². The molecular weight excluding hydrogens is 323 g/mol. The average Bonchev–Trinajstić information content (AvgIpc) is 2.51. The van der Waals surface area contributed by atoms with Gasteiger partial charge < -0.3 is 20.5 Å². The molecule has 0 saturated heterocycles. The van der Waals surface area contributed by atoms with Crippen molar-refractivity contribution in [3.8, 4) is 0 Å². The van der Waals surface area contributed by atoms with E-state index in [1.54, 1.807) is 24.3 Å². The van der Waals surface area contributed by atoms with Gasteiger partial charge in [0.25, 0.3) is 5.91 Å². The number of hydrogen-bond donors (Lipinski definition) is 4. The summed E-state index contributed by atoms with van der Waals surface area (Å²) in [5.74, 6) is -1.52. The normalized spacial score (nSPS) is 11.9. The molecule has 0 unspecified atom stereocenters. The molecule has 0 radical (unpaired) electrons. The van der Waals surface area contributed by atoms with Gasteiger partial charge in [0, 0.05) is 16.0 Å². The first-order valence-corrected chi connectivity index (χ1v) is 7.13. The van der Waals surface area contributed by atoms with Gasteiger partial charge in [-0.3, -0.25) is 4.79 Å². The van der Waals surface area contributed by atoms with E-state index in [2.05, 4.69) is 5.32 Å². The predicted octanol–water partition coefficient (Wildman–Crippen LogP) is 0.622. The van der Waals surface area contributed by atoms with Gasteiger partial charge in [-0.25, -0.2) is 4.39 Å². The molecule has 0 aromatic heterocycles. The molecule has 4 N–H and O–H groups in total. The van der Waals surface area contributed by atoms with Crippen molar-refractivity contribution in [2.45, 2.75) is 6.04 Å². The number of rotatable bonds is 5. The molecular formula is C15H14BClFNO4. The Hall–Kier alpha value is -1.93. The van der Waals surface area contributed by atoms with Gasteiger partial charge in [-0.2, -0.15) is 0 Å². The number of aliphatic hydroxyl groups is 1. The van der Waals surface area contributed by atoms with E-state index in [9.17, 15) is 14.3 Å². The third kappa shape index (κ3) is 4.30. The summed E-state index contributed by atoms with van der Waals surface area (Å²) in [6.45, 7) is -0.359. The summed E-state index contributed by atoms with van der Waals surface area (Å²) in [6, 6.07) is 9.22. The second-order valence-corrected chi connectivity index (χ2v) is 5.31. The Morgan fingerprint density at radius 1 is 1.26 bits per heavy atom. The molecule has 5 nitrogen and oxygen atoms in total. The lowest BCUT2D eigenvalue weighted by Gasteiger charge is -2.17. The zero-order chi connectivity index (χ0) is 17.0. The Bertz CT molecular complexity index is 714. The van der Waals surface area contributed by atoms with Crippen LogP contribution in [0.4, 0.5) is 4.39 Å². The molecule has 2 aromatic carbocycles. The number of aliphatic hydroxyl groups excluding tert-OH is 1. The number of halogens is 2. The van der Waals surface area contributed by atoms with Crippen LogP contribution in [0, 0.1) is 5.82 Å². The van der Waals surface area contributed by atoms with Crippen molar-refractivity contribution < 1.29 is 24.3 Å². The van der Waals surface area contributed by atoms with Crippen molar-refractivity contribution in [1.82, 2.24) is 5.32 Å². The van der Waals surface area contributed by atoms with E-state index in [-0.39, 0.29) is 17.6 Å². The largest absolute Gasteiger partial charge is 0.491 e. The van der Waals surface area contributed by atoms with Crippen molar-refractivity contribution in [3.63, 3.8) is 0 Å². The average molecular weight is 338 g/mol. The highest BCUT2D eigenvalue weighted by molar-refractivity contribution is 6.58. The molecule has 2 rings (SSSR count). The van der Waals surface area contributed by atoms with E-state index < -0.39 is 24.9 Å². The van der Waals surface area contributed by atoms with Crippen molar-refractivity contribution >= 4 is 30.1 Å². The third-order valence-electron chi connectivity index (χ3n) is 3.28. The minimum atomic E-state index is -1.95. The van der Waals surface area contributed by atoms with Crippen LogP contribution in [-0.2, 0) is 0 Å². The standard InChI is InChI=1S/C15H14BClFNO4/c17-11-3-1-2-9(6-11)14(8-20)19-15(21)10-4-5-12(16(22)23)13(18)7-10/h1-7,14,20,22-23H,8H2,(H,19,21)/t14-/m1/s1. The number of carbonyl (C=O) groups is 1. The quantitative estimate of drug-likeness (QED) is 0.602. The van der Waals surface area contributed by atoms with Gasteiger partial charge >= 0.3 is 7.12 Å². The van der Waals surface area contributed by atoms with E-state index in [1.807, 2.05) is 0 Å². The van der Waals surface area contributed by atoms with E-state index in [0.29, 0.717) is 10.6 Å². The highest BCUT2D eigenvalue weighted by atomic mass is 35.5. The summed E-state index contributed by atoms with van der Waals surface area (Å²) in [5.41, 5.74) is 0.277. The zero-order valence-electron chi connectivity index (χ0n) is 11.9. The number of benzene rings is 2. The van der Waals surface area contributed by atoms with Crippen LogP contribution >= 0.6 is 11.6 Å². The highest BCUT2D eigenvalue weighted by Crippen LogP contribution is 2.18. The van der Waals surface area contributed by atoms with Crippen molar-refractivity contribution in [1.29, 1.82) is 0 Å². The number of amides is 1. The van der Waals surface area contributed by atoms with Crippen LogP contribution in [-0.4, -0.2) is 34.8 Å². The van der Waals surface area contributed by atoms with Crippen LogP contribution in [0.3, 0.4) is 0 Å².